The van der Waals surface area contributed by atoms with Crippen molar-refractivity contribution in [3.8, 4) is 0 Å². The topological polar surface area (TPSA) is 0 Å². The van der Waals surface area contributed by atoms with Gasteiger partial charge in [-0.15, -0.1) is 0 Å². The van der Waals surface area contributed by atoms with E-state index in [4.69, 9.17) is 19.2 Å². The number of allylic oxidation sites excluding steroid dienone is 4. The van der Waals surface area contributed by atoms with E-state index in [-0.39, 0.29) is 0 Å². The second-order valence-corrected chi connectivity index (χ2v) is 5.15. The Bertz CT molecular complexity index is 118. The summed E-state index contributed by atoms with van der Waals surface area (Å²) in [5, 5.41) is 0. The van der Waals surface area contributed by atoms with Crippen LogP contribution in [0, 0.1) is 0 Å². The molecule has 0 aromatic rings. The van der Waals surface area contributed by atoms with Crippen LogP contribution in [0.2, 0.25) is 0 Å². The van der Waals surface area contributed by atoms with Gasteiger partial charge >= 0.3 is 34.8 Å². The molecule has 0 amide bonds. The van der Waals surface area contributed by atoms with Crippen LogP contribution in [-0.4, -0.2) is 0 Å². The average Bonchev–Trinajstić information content (AvgIpc) is 2.20. The molecule has 3 heteroatoms. The molecule has 0 heterocycles. The molecule has 0 unspecified atom stereocenters. The normalized spacial score (nSPS) is 14.8. The number of rotatable bonds is 0. The van der Waals surface area contributed by atoms with E-state index in [1.54, 1.807) is 0 Å². The predicted molar refractivity (Wildman–Crippen MR) is 39.2 cm³/mol. The molecule has 0 bridgehead atoms. The van der Waals surface area contributed by atoms with Crippen LogP contribution in [0.3, 0.4) is 0 Å². The monoisotopic (exact) mass is 343 g/mol. The summed E-state index contributed by atoms with van der Waals surface area (Å²) >= 11 is -0.556. The van der Waals surface area contributed by atoms with Crippen LogP contribution in [0.4, 0.5) is 0 Å². The quantitative estimate of drug-likeness (QED) is 0.633. The molecule has 1 rings (SSSR count). The Morgan fingerprint density at radius 3 is 2.22 bits per heavy atom. The third-order valence-corrected chi connectivity index (χ3v) is 0.957. The van der Waals surface area contributed by atoms with E-state index in [9.17, 15) is 0 Å². The van der Waals surface area contributed by atoms with Gasteiger partial charge in [-0.05, 0) is 13.3 Å². The van der Waals surface area contributed by atoms with Crippen molar-refractivity contribution < 1.29 is 15.7 Å². The van der Waals surface area contributed by atoms with Crippen molar-refractivity contribution in [1.29, 1.82) is 0 Å². The fourth-order valence-electron chi connectivity index (χ4n) is 0.554. The van der Waals surface area contributed by atoms with Crippen molar-refractivity contribution in [3.05, 3.63) is 23.8 Å². The van der Waals surface area contributed by atoms with E-state index in [1.165, 1.54) is 12.0 Å². The zero-order chi connectivity index (χ0) is 7.11. The van der Waals surface area contributed by atoms with Crippen molar-refractivity contribution in [2.45, 2.75) is 13.3 Å². The summed E-state index contributed by atoms with van der Waals surface area (Å²) in [4.78, 5) is 0. The van der Waals surface area contributed by atoms with E-state index in [1.807, 2.05) is 0 Å². The van der Waals surface area contributed by atoms with Crippen LogP contribution < -0.4 is 0 Å². The van der Waals surface area contributed by atoms with Gasteiger partial charge in [-0.3, -0.25) is 0 Å². The second-order valence-electron chi connectivity index (χ2n) is 1.69. The summed E-state index contributed by atoms with van der Waals surface area (Å²) in [7, 11) is 9.78. The Morgan fingerprint density at radius 1 is 1.56 bits per heavy atom. The molecular formula is C6H8Cl2Ir. The van der Waals surface area contributed by atoms with Gasteiger partial charge in [0.05, 0.1) is 0 Å². The summed E-state index contributed by atoms with van der Waals surface area (Å²) in [5.41, 5.74) is 1.47. The van der Waals surface area contributed by atoms with E-state index in [0.29, 0.717) is 0 Å². The molecular weight excluding hydrogens is 335 g/mol. The van der Waals surface area contributed by atoms with E-state index >= 15 is 0 Å². The zero-order valence-corrected chi connectivity index (χ0v) is 8.94. The minimum atomic E-state index is -0.556. The van der Waals surface area contributed by atoms with Crippen LogP contribution in [0.25, 0.3) is 0 Å². The van der Waals surface area contributed by atoms with Crippen LogP contribution >= 0.6 is 19.2 Å². The Hall–Kier alpha value is 0.709. The Labute approximate surface area is 71.9 Å². The van der Waals surface area contributed by atoms with Crippen molar-refractivity contribution in [1.82, 2.24) is 0 Å². The zero-order valence-electron chi connectivity index (χ0n) is 5.03. The second kappa shape index (κ2) is 6.82. The molecule has 0 spiro atoms. The first-order valence-corrected chi connectivity index (χ1v) is 8.40. The molecule has 0 aliphatic heterocycles. The molecule has 0 radical (unpaired) electrons. The summed E-state index contributed by atoms with van der Waals surface area (Å²) in [5.74, 6) is 0. The fraction of sp³-hybridized carbons (Fsp3) is 0.333. The van der Waals surface area contributed by atoms with Gasteiger partial charge in [0, 0.05) is 0 Å². The predicted octanol–water partition coefficient (Wildman–Crippen LogP) is 3.27. The molecule has 9 heavy (non-hydrogen) atoms. The first kappa shape index (κ1) is 9.71. The van der Waals surface area contributed by atoms with Gasteiger partial charge in [0.15, 0.2) is 0 Å². The summed E-state index contributed by atoms with van der Waals surface area (Å²) in [6.45, 7) is 2.14. The maximum absolute atomic E-state index is 4.89. The standard InChI is InChI=1S/C6H8.2ClH.Ir/c1-6-4-2-3-5-6;;;/h2-4H,5H2,1H3;2*1H;/q;;;+2/p-2. The fourth-order valence-corrected chi connectivity index (χ4v) is 0.554. The van der Waals surface area contributed by atoms with Gasteiger partial charge in [-0.25, -0.2) is 0 Å². The molecule has 0 saturated heterocycles. The van der Waals surface area contributed by atoms with Gasteiger partial charge in [-0.2, -0.15) is 0 Å². The molecule has 1 aliphatic carbocycles. The average molecular weight is 343 g/mol. The van der Waals surface area contributed by atoms with Gasteiger partial charge in [-0.1, -0.05) is 23.8 Å². The maximum atomic E-state index is 4.89. The molecule has 0 aromatic carbocycles. The Kier molecular flexibility index (Phi) is 7.36. The molecule has 0 saturated carbocycles. The van der Waals surface area contributed by atoms with Crippen molar-refractivity contribution in [2.75, 3.05) is 0 Å². The van der Waals surface area contributed by atoms with Crippen LogP contribution in [0.15, 0.2) is 23.8 Å². The number of halogens is 2. The summed E-state index contributed by atoms with van der Waals surface area (Å²) in [6, 6.07) is 0. The van der Waals surface area contributed by atoms with Crippen LogP contribution in [0.5, 0.6) is 0 Å². The van der Waals surface area contributed by atoms with E-state index in [2.05, 4.69) is 25.2 Å². The Balaban J connectivity index is 0.000000187. The molecule has 0 N–H and O–H groups in total. The van der Waals surface area contributed by atoms with Crippen LogP contribution in [0.1, 0.15) is 13.3 Å². The summed E-state index contributed by atoms with van der Waals surface area (Å²) < 4.78 is 0. The summed E-state index contributed by atoms with van der Waals surface area (Å²) in [6.07, 6.45) is 7.56. The first-order chi connectivity index (χ1) is 4.31. The van der Waals surface area contributed by atoms with Crippen molar-refractivity contribution >= 4 is 19.2 Å². The van der Waals surface area contributed by atoms with Crippen LogP contribution in [-0.2, 0) is 15.7 Å². The molecule has 0 atom stereocenters. The minimum absolute atomic E-state index is 0.556. The Morgan fingerprint density at radius 2 is 2.11 bits per heavy atom. The SMILES string of the molecule is CC1=CC=CC1.[Cl][Ir][Cl]. The molecule has 0 aromatic heterocycles. The third kappa shape index (κ3) is 6.60. The molecule has 0 fully saturated rings. The number of hydrogen-bond acceptors (Lipinski definition) is 0. The first-order valence-electron chi connectivity index (χ1n) is 2.47. The van der Waals surface area contributed by atoms with Crippen molar-refractivity contribution in [2.24, 2.45) is 0 Å². The van der Waals surface area contributed by atoms with Gasteiger partial charge in [0.2, 0.25) is 0 Å². The van der Waals surface area contributed by atoms with E-state index < -0.39 is 15.7 Å². The molecule has 1 aliphatic rings. The van der Waals surface area contributed by atoms with Gasteiger partial charge in [0.1, 0.15) is 0 Å². The number of hydrogen-bond donors (Lipinski definition) is 0. The van der Waals surface area contributed by atoms with Crippen molar-refractivity contribution in [3.63, 3.8) is 0 Å². The molecule has 0 nitrogen and oxygen atoms in total. The third-order valence-electron chi connectivity index (χ3n) is 0.957. The van der Waals surface area contributed by atoms with Gasteiger partial charge in [0.25, 0.3) is 0 Å². The van der Waals surface area contributed by atoms with Gasteiger partial charge < -0.3 is 0 Å². The van der Waals surface area contributed by atoms with E-state index in [0.717, 1.165) is 0 Å². The molecule has 55 valence electrons.